The molecule has 2 aliphatic heterocycles. The van der Waals surface area contributed by atoms with Gasteiger partial charge in [-0.3, -0.25) is 4.90 Å². The molecule has 2 aliphatic rings. The molecule has 0 spiro atoms. The molecule has 0 radical (unpaired) electrons. The van der Waals surface area contributed by atoms with Gasteiger partial charge in [-0.1, -0.05) is 30.3 Å². The molecule has 0 aromatic heterocycles. The van der Waals surface area contributed by atoms with Crippen molar-refractivity contribution < 1.29 is 0 Å². The van der Waals surface area contributed by atoms with Crippen molar-refractivity contribution in [3.05, 3.63) is 35.9 Å². The number of fused-ring (bicyclic) bond motifs is 2. The van der Waals surface area contributed by atoms with Crippen LogP contribution in [0.3, 0.4) is 0 Å². The summed E-state index contributed by atoms with van der Waals surface area (Å²) in [5.41, 5.74) is 7.78. The molecule has 0 aliphatic carbocycles. The van der Waals surface area contributed by atoms with Crippen LogP contribution in [0.5, 0.6) is 0 Å². The second-order valence-corrected chi connectivity index (χ2v) is 7.03. The smallest absolute Gasteiger partial charge is 0.0239 e. The fourth-order valence-corrected chi connectivity index (χ4v) is 3.93. The minimum atomic E-state index is -0.0142. The van der Waals surface area contributed by atoms with Crippen molar-refractivity contribution >= 4 is 0 Å². The minimum Gasteiger partial charge on any atom is -0.325 e. The summed E-state index contributed by atoms with van der Waals surface area (Å²) < 4.78 is 0. The van der Waals surface area contributed by atoms with E-state index in [2.05, 4.69) is 49.1 Å². The van der Waals surface area contributed by atoms with Crippen LogP contribution in [-0.4, -0.2) is 22.5 Å². The number of hydrogen-bond acceptors (Lipinski definition) is 2. The summed E-state index contributed by atoms with van der Waals surface area (Å²) in [5.74, 6) is 0.692. The SMILES string of the molecule is CC(C)(N)C1CC2CCC(C1)N2Cc1ccccc1. The van der Waals surface area contributed by atoms with Crippen LogP contribution in [0.4, 0.5) is 0 Å². The zero-order chi connectivity index (χ0) is 13.5. The van der Waals surface area contributed by atoms with E-state index in [1.165, 1.54) is 31.2 Å². The van der Waals surface area contributed by atoms with Gasteiger partial charge < -0.3 is 5.73 Å². The van der Waals surface area contributed by atoms with E-state index in [-0.39, 0.29) is 5.54 Å². The summed E-state index contributed by atoms with van der Waals surface area (Å²) in [7, 11) is 0. The van der Waals surface area contributed by atoms with Crippen molar-refractivity contribution in [2.45, 2.75) is 63.7 Å². The van der Waals surface area contributed by atoms with Crippen LogP contribution >= 0.6 is 0 Å². The van der Waals surface area contributed by atoms with Gasteiger partial charge in [0.15, 0.2) is 0 Å². The van der Waals surface area contributed by atoms with E-state index in [9.17, 15) is 0 Å². The molecular formula is C17H26N2. The van der Waals surface area contributed by atoms with E-state index >= 15 is 0 Å². The van der Waals surface area contributed by atoms with Gasteiger partial charge in [0.1, 0.15) is 0 Å². The molecule has 2 fully saturated rings. The molecule has 2 heteroatoms. The van der Waals surface area contributed by atoms with Crippen LogP contribution in [0.1, 0.15) is 45.1 Å². The number of piperidine rings is 1. The molecule has 0 amide bonds. The Balaban J connectivity index is 1.70. The maximum atomic E-state index is 6.34. The summed E-state index contributed by atoms with van der Waals surface area (Å²) in [6.07, 6.45) is 5.30. The first-order valence-corrected chi connectivity index (χ1v) is 7.62. The van der Waals surface area contributed by atoms with Crippen LogP contribution in [0, 0.1) is 5.92 Å². The Kier molecular flexibility index (Phi) is 3.40. The van der Waals surface area contributed by atoms with Gasteiger partial charge >= 0.3 is 0 Å². The molecule has 104 valence electrons. The van der Waals surface area contributed by atoms with Crippen LogP contribution in [-0.2, 0) is 6.54 Å². The highest BCUT2D eigenvalue weighted by molar-refractivity contribution is 5.15. The Morgan fingerprint density at radius 2 is 1.68 bits per heavy atom. The van der Waals surface area contributed by atoms with E-state index in [1.807, 2.05) is 0 Å². The zero-order valence-electron chi connectivity index (χ0n) is 12.2. The zero-order valence-corrected chi connectivity index (χ0v) is 12.2. The Bertz CT molecular complexity index is 407. The third-order valence-electron chi connectivity index (χ3n) is 5.14. The fourth-order valence-electron chi connectivity index (χ4n) is 3.93. The second-order valence-electron chi connectivity index (χ2n) is 7.03. The van der Waals surface area contributed by atoms with Crippen LogP contribution in [0.15, 0.2) is 30.3 Å². The first-order valence-electron chi connectivity index (χ1n) is 7.62. The molecule has 2 bridgehead atoms. The summed E-state index contributed by atoms with van der Waals surface area (Å²) in [5, 5.41) is 0. The number of nitrogens with two attached hydrogens (primary N) is 1. The van der Waals surface area contributed by atoms with E-state index in [4.69, 9.17) is 5.73 Å². The van der Waals surface area contributed by atoms with Crippen LogP contribution in [0.25, 0.3) is 0 Å². The van der Waals surface area contributed by atoms with E-state index in [1.54, 1.807) is 0 Å². The summed E-state index contributed by atoms with van der Waals surface area (Å²) in [4.78, 5) is 2.73. The van der Waals surface area contributed by atoms with Gasteiger partial charge in [-0.15, -0.1) is 0 Å². The van der Waals surface area contributed by atoms with E-state index in [0.29, 0.717) is 5.92 Å². The third kappa shape index (κ3) is 2.70. The Hall–Kier alpha value is -0.860. The summed E-state index contributed by atoms with van der Waals surface area (Å²) in [6.45, 7) is 5.52. The maximum Gasteiger partial charge on any atom is 0.0239 e. The molecule has 0 saturated carbocycles. The maximum absolute atomic E-state index is 6.34. The highest BCUT2D eigenvalue weighted by Gasteiger charge is 2.43. The average molecular weight is 258 g/mol. The lowest BCUT2D eigenvalue weighted by Gasteiger charge is -2.43. The third-order valence-corrected chi connectivity index (χ3v) is 5.14. The molecule has 2 N–H and O–H groups in total. The van der Waals surface area contributed by atoms with Crippen molar-refractivity contribution in [1.29, 1.82) is 0 Å². The van der Waals surface area contributed by atoms with Gasteiger partial charge in [-0.05, 0) is 51.0 Å². The van der Waals surface area contributed by atoms with Gasteiger partial charge in [0, 0.05) is 24.2 Å². The predicted octanol–water partition coefficient (Wildman–Crippen LogP) is 3.17. The highest BCUT2D eigenvalue weighted by Crippen LogP contribution is 2.42. The van der Waals surface area contributed by atoms with Crippen molar-refractivity contribution in [2.24, 2.45) is 11.7 Å². The molecule has 2 atom stereocenters. The normalized spacial score (nSPS) is 31.6. The van der Waals surface area contributed by atoms with E-state index < -0.39 is 0 Å². The quantitative estimate of drug-likeness (QED) is 0.902. The van der Waals surface area contributed by atoms with Crippen molar-refractivity contribution in [2.75, 3.05) is 0 Å². The number of nitrogens with zero attached hydrogens (tertiary/aromatic N) is 1. The molecule has 2 unspecified atom stereocenters. The molecule has 2 nitrogen and oxygen atoms in total. The van der Waals surface area contributed by atoms with Crippen molar-refractivity contribution in [1.82, 2.24) is 4.90 Å². The molecule has 3 rings (SSSR count). The van der Waals surface area contributed by atoms with Gasteiger partial charge in [-0.25, -0.2) is 0 Å². The highest BCUT2D eigenvalue weighted by atomic mass is 15.2. The van der Waals surface area contributed by atoms with Crippen LogP contribution in [0.2, 0.25) is 0 Å². The summed E-state index contributed by atoms with van der Waals surface area (Å²) >= 11 is 0. The largest absolute Gasteiger partial charge is 0.325 e. The van der Waals surface area contributed by atoms with Crippen molar-refractivity contribution in [3.8, 4) is 0 Å². The first kappa shape index (κ1) is 13.1. The molecule has 19 heavy (non-hydrogen) atoms. The molecule has 1 aromatic rings. The lowest BCUT2D eigenvalue weighted by atomic mass is 9.78. The monoisotopic (exact) mass is 258 g/mol. The number of benzene rings is 1. The standard InChI is InChI=1S/C17H26N2/c1-17(2,18)14-10-15-8-9-16(11-14)19(15)12-13-6-4-3-5-7-13/h3-7,14-16H,8-12,18H2,1-2H3. The Labute approximate surface area is 117 Å². The fraction of sp³-hybridized carbons (Fsp3) is 0.647. The molecule has 1 aromatic carbocycles. The van der Waals surface area contributed by atoms with Gasteiger partial charge in [0.2, 0.25) is 0 Å². The lowest BCUT2D eigenvalue weighted by molar-refractivity contribution is 0.0700. The number of hydrogen-bond donors (Lipinski definition) is 1. The van der Waals surface area contributed by atoms with Gasteiger partial charge in [-0.2, -0.15) is 0 Å². The molecule has 2 saturated heterocycles. The first-order chi connectivity index (χ1) is 9.04. The van der Waals surface area contributed by atoms with Gasteiger partial charge in [0.05, 0.1) is 0 Å². The van der Waals surface area contributed by atoms with E-state index in [0.717, 1.165) is 18.6 Å². The minimum absolute atomic E-state index is 0.0142. The van der Waals surface area contributed by atoms with Crippen LogP contribution < -0.4 is 5.73 Å². The second kappa shape index (κ2) is 4.92. The van der Waals surface area contributed by atoms with Crippen molar-refractivity contribution in [3.63, 3.8) is 0 Å². The predicted molar refractivity (Wildman–Crippen MR) is 79.8 cm³/mol. The van der Waals surface area contributed by atoms with Gasteiger partial charge in [0.25, 0.3) is 0 Å². The average Bonchev–Trinajstić information content (AvgIpc) is 2.61. The lowest BCUT2D eigenvalue weighted by Crippen LogP contribution is -2.51. The number of rotatable bonds is 3. The Morgan fingerprint density at radius 3 is 2.21 bits per heavy atom. The Morgan fingerprint density at radius 1 is 1.11 bits per heavy atom. The topological polar surface area (TPSA) is 29.3 Å². The molecular weight excluding hydrogens is 232 g/mol. The summed E-state index contributed by atoms with van der Waals surface area (Å²) in [6, 6.07) is 12.4. The molecule has 2 heterocycles.